The van der Waals surface area contributed by atoms with E-state index in [0.29, 0.717) is 11.3 Å². The van der Waals surface area contributed by atoms with Crippen LogP contribution in [0.15, 0.2) is 36.4 Å². The molecular weight excluding hydrogens is 324 g/mol. The van der Waals surface area contributed by atoms with Crippen molar-refractivity contribution in [3.8, 4) is 17.6 Å². The van der Waals surface area contributed by atoms with Crippen molar-refractivity contribution < 1.29 is 14.8 Å². The van der Waals surface area contributed by atoms with E-state index in [-0.39, 0.29) is 22.6 Å². The maximum atomic E-state index is 11.4. The number of methoxy groups -OCH3 is 1. The number of H-pyrrole nitrogens is 1. The van der Waals surface area contributed by atoms with Crippen LogP contribution in [0.2, 0.25) is 0 Å². The van der Waals surface area contributed by atoms with Crippen molar-refractivity contribution in [1.82, 2.24) is 9.97 Å². The highest BCUT2D eigenvalue weighted by Gasteiger charge is 2.24. The van der Waals surface area contributed by atoms with E-state index in [1.807, 2.05) is 24.3 Å². The van der Waals surface area contributed by atoms with Crippen LogP contribution in [0.25, 0.3) is 22.7 Å². The molecule has 0 saturated heterocycles. The molecule has 1 heterocycles. The number of hydrogen-bond donors (Lipinski definition) is 2. The van der Waals surface area contributed by atoms with Gasteiger partial charge in [0.05, 0.1) is 34.2 Å². The molecular formula is C17H12N4O4. The van der Waals surface area contributed by atoms with Crippen molar-refractivity contribution in [1.29, 1.82) is 5.26 Å². The largest absolute Gasteiger partial charge is 0.504 e. The first kappa shape index (κ1) is 16.0. The van der Waals surface area contributed by atoms with Crippen LogP contribution in [0.1, 0.15) is 11.4 Å². The van der Waals surface area contributed by atoms with Gasteiger partial charge in [-0.05, 0) is 30.3 Å². The van der Waals surface area contributed by atoms with Gasteiger partial charge < -0.3 is 14.8 Å². The normalized spacial score (nSPS) is 11.3. The van der Waals surface area contributed by atoms with Crippen molar-refractivity contribution in [2.45, 2.75) is 0 Å². The molecule has 0 radical (unpaired) electrons. The number of aromatic hydroxyl groups is 1. The summed E-state index contributed by atoms with van der Waals surface area (Å²) in [5.74, 6) is -0.320. The summed E-state index contributed by atoms with van der Waals surface area (Å²) in [5, 5.41) is 30.6. The Balaban J connectivity index is 2.18. The minimum Gasteiger partial charge on any atom is -0.504 e. The second-order valence-corrected chi connectivity index (χ2v) is 5.09. The Bertz CT molecular complexity index is 1010. The number of aromatic amines is 1. The third-order valence-electron chi connectivity index (χ3n) is 3.59. The number of ether oxygens (including phenoxy) is 1. The van der Waals surface area contributed by atoms with Gasteiger partial charge in [-0.2, -0.15) is 5.26 Å². The number of nitro groups is 1. The number of imidazole rings is 1. The highest BCUT2D eigenvalue weighted by molar-refractivity contribution is 5.92. The first-order valence-corrected chi connectivity index (χ1v) is 7.16. The summed E-state index contributed by atoms with van der Waals surface area (Å²) >= 11 is 0. The molecule has 0 atom stereocenters. The molecule has 0 bridgehead atoms. The number of benzene rings is 2. The quantitative estimate of drug-likeness (QED) is 0.428. The predicted octanol–water partition coefficient (Wildman–Crippen LogP) is 3.25. The summed E-state index contributed by atoms with van der Waals surface area (Å²) in [7, 11) is 1.22. The van der Waals surface area contributed by atoms with Crippen molar-refractivity contribution >= 4 is 28.4 Å². The molecule has 0 spiro atoms. The Hall–Kier alpha value is -3.86. The van der Waals surface area contributed by atoms with Gasteiger partial charge in [-0.3, -0.25) is 10.1 Å². The molecule has 0 aliphatic heterocycles. The molecule has 3 aromatic rings. The SMILES string of the molecule is COc1c(O)ccc(/C=C(\C#N)c2nc3ccccc3[nH]2)c1[N+](=O)[O-]. The summed E-state index contributed by atoms with van der Waals surface area (Å²) in [5.41, 5.74) is 1.24. The van der Waals surface area contributed by atoms with Crippen LogP contribution >= 0.6 is 0 Å². The topological polar surface area (TPSA) is 125 Å². The molecule has 0 unspecified atom stereocenters. The van der Waals surface area contributed by atoms with Crippen molar-refractivity contribution in [2.75, 3.05) is 7.11 Å². The molecule has 3 rings (SSSR count). The van der Waals surface area contributed by atoms with Gasteiger partial charge in [0.15, 0.2) is 5.75 Å². The lowest BCUT2D eigenvalue weighted by atomic mass is 10.1. The predicted molar refractivity (Wildman–Crippen MR) is 90.9 cm³/mol. The van der Waals surface area contributed by atoms with Crippen molar-refractivity contribution in [3.63, 3.8) is 0 Å². The molecule has 8 heteroatoms. The van der Waals surface area contributed by atoms with E-state index in [4.69, 9.17) is 4.74 Å². The third-order valence-corrected chi connectivity index (χ3v) is 3.59. The number of nitro benzene ring substituents is 1. The lowest BCUT2D eigenvalue weighted by Gasteiger charge is -2.06. The van der Waals surface area contributed by atoms with Crippen LogP contribution in [0.4, 0.5) is 5.69 Å². The number of allylic oxidation sites excluding steroid dienone is 1. The fourth-order valence-corrected chi connectivity index (χ4v) is 2.47. The number of hydrogen-bond acceptors (Lipinski definition) is 6. The first-order chi connectivity index (χ1) is 12.0. The van der Waals surface area contributed by atoms with Gasteiger partial charge in [0.1, 0.15) is 11.9 Å². The molecule has 2 aromatic carbocycles. The molecule has 2 N–H and O–H groups in total. The zero-order chi connectivity index (χ0) is 18.0. The molecule has 25 heavy (non-hydrogen) atoms. The highest BCUT2D eigenvalue weighted by atomic mass is 16.6. The Morgan fingerprint density at radius 1 is 1.40 bits per heavy atom. The summed E-state index contributed by atoms with van der Waals surface area (Å²) in [6.07, 6.45) is 1.33. The van der Waals surface area contributed by atoms with Gasteiger partial charge >= 0.3 is 5.69 Å². The van der Waals surface area contributed by atoms with E-state index in [1.165, 1.54) is 25.3 Å². The van der Waals surface area contributed by atoms with E-state index < -0.39 is 10.6 Å². The fraction of sp³-hybridized carbons (Fsp3) is 0.0588. The Labute approximate surface area is 141 Å². The van der Waals surface area contributed by atoms with E-state index in [2.05, 4.69) is 9.97 Å². The molecule has 0 fully saturated rings. The number of aromatic nitrogens is 2. The van der Waals surface area contributed by atoms with Crippen LogP contribution in [0.5, 0.6) is 11.5 Å². The fourth-order valence-electron chi connectivity index (χ4n) is 2.47. The Morgan fingerprint density at radius 2 is 2.16 bits per heavy atom. The monoisotopic (exact) mass is 336 g/mol. The standard InChI is InChI=1S/C17H12N4O4/c1-25-16-14(22)7-6-10(15(16)21(23)24)8-11(9-18)17-19-12-4-2-3-5-13(12)20-17/h2-8,22H,1H3,(H,19,20)/b11-8+. The third kappa shape index (κ3) is 2.86. The Morgan fingerprint density at radius 3 is 2.80 bits per heavy atom. The van der Waals surface area contributed by atoms with E-state index in [9.17, 15) is 20.5 Å². The average molecular weight is 336 g/mol. The van der Waals surface area contributed by atoms with Crippen LogP contribution in [-0.4, -0.2) is 27.1 Å². The molecule has 0 aliphatic rings. The van der Waals surface area contributed by atoms with Gasteiger partial charge in [0, 0.05) is 0 Å². The minimum absolute atomic E-state index is 0.118. The van der Waals surface area contributed by atoms with Crippen LogP contribution in [0, 0.1) is 21.4 Å². The van der Waals surface area contributed by atoms with Crippen LogP contribution in [-0.2, 0) is 0 Å². The summed E-state index contributed by atoms with van der Waals surface area (Å²) in [4.78, 5) is 18.0. The minimum atomic E-state index is -0.669. The van der Waals surface area contributed by atoms with E-state index in [1.54, 1.807) is 6.07 Å². The molecule has 8 nitrogen and oxygen atoms in total. The molecule has 1 aromatic heterocycles. The van der Waals surface area contributed by atoms with Crippen LogP contribution < -0.4 is 4.74 Å². The maximum Gasteiger partial charge on any atom is 0.322 e. The second kappa shape index (κ2) is 6.33. The lowest BCUT2D eigenvalue weighted by molar-refractivity contribution is -0.386. The van der Waals surface area contributed by atoms with Gasteiger partial charge in [-0.15, -0.1) is 0 Å². The first-order valence-electron chi connectivity index (χ1n) is 7.16. The molecule has 0 saturated carbocycles. The van der Waals surface area contributed by atoms with E-state index >= 15 is 0 Å². The number of rotatable bonds is 4. The van der Waals surface area contributed by atoms with Gasteiger partial charge in [0.2, 0.25) is 5.75 Å². The molecule has 124 valence electrons. The zero-order valence-electron chi connectivity index (χ0n) is 13.1. The molecule has 0 amide bonds. The number of phenolic OH excluding ortho intramolecular Hbond substituents is 1. The molecule has 0 aliphatic carbocycles. The number of nitrogens with one attached hydrogen (secondary N) is 1. The number of nitriles is 1. The maximum absolute atomic E-state index is 11.4. The number of phenols is 1. The smallest absolute Gasteiger partial charge is 0.322 e. The van der Waals surface area contributed by atoms with Gasteiger partial charge in [-0.25, -0.2) is 4.98 Å². The highest BCUT2D eigenvalue weighted by Crippen LogP contribution is 2.40. The second-order valence-electron chi connectivity index (χ2n) is 5.09. The van der Waals surface area contributed by atoms with Crippen molar-refractivity contribution in [3.05, 3.63) is 57.9 Å². The summed E-state index contributed by atoms with van der Waals surface area (Å²) in [6, 6.07) is 11.8. The zero-order valence-corrected chi connectivity index (χ0v) is 13.1. The van der Waals surface area contributed by atoms with Gasteiger partial charge in [0.25, 0.3) is 0 Å². The van der Waals surface area contributed by atoms with Gasteiger partial charge in [-0.1, -0.05) is 12.1 Å². The lowest BCUT2D eigenvalue weighted by Crippen LogP contribution is -1.97. The van der Waals surface area contributed by atoms with Crippen molar-refractivity contribution in [2.24, 2.45) is 0 Å². The Kier molecular flexibility index (Phi) is 4.05. The summed E-state index contributed by atoms with van der Waals surface area (Å²) in [6.45, 7) is 0. The summed E-state index contributed by atoms with van der Waals surface area (Å²) < 4.78 is 4.92. The average Bonchev–Trinajstić information content (AvgIpc) is 3.03. The number of nitrogens with zero attached hydrogens (tertiary/aromatic N) is 3. The van der Waals surface area contributed by atoms with E-state index in [0.717, 1.165) is 5.52 Å². The number of para-hydroxylation sites is 2. The van der Waals surface area contributed by atoms with Crippen LogP contribution in [0.3, 0.4) is 0 Å². The number of fused-ring (bicyclic) bond motifs is 1.